The molecule has 1 N–H and O–H groups in total. The molecule has 88 valence electrons. The topological polar surface area (TPSA) is 12.0 Å². The van der Waals surface area contributed by atoms with Crippen molar-refractivity contribution in [3.05, 3.63) is 29.8 Å². The summed E-state index contributed by atoms with van der Waals surface area (Å²) in [6, 6.07) is 9.30. The van der Waals surface area contributed by atoms with Crippen molar-refractivity contribution in [3.63, 3.8) is 0 Å². The molecule has 1 aromatic carbocycles. The van der Waals surface area contributed by atoms with Crippen LogP contribution in [0, 0.1) is 12.8 Å². The first-order valence-electron chi connectivity index (χ1n) is 6.59. The first-order chi connectivity index (χ1) is 7.75. The Labute approximate surface area is 99.3 Å². The number of nitrogens with one attached hydrogen (secondary N) is 1. The monoisotopic (exact) mass is 217 g/mol. The molecule has 1 aromatic rings. The Morgan fingerprint density at radius 2 is 1.94 bits per heavy atom. The van der Waals surface area contributed by atoms with E-state index in [-0.39, 0.29) is 0 Å². The smallest absolute Gasteiger partial charge is 0.0344 e. The van der Waals surface area contributed by atoms with Crippen LogP contribution in [0.15, 0.2) is 24.3 Å². The minimum atomic E-state index is 0.613. The fourth-order valence-corrected chi connectivity index (χ4v) is 2.75. The molecule has 1 atom stereocenters. The minimum Gasteiger partial charge on any atom is -0.382 e. The minimum absolute atomic E-state index is 0.613. The Kier molecular flexibility index (Phi) is 3.87. The highest BCUT2D eigenvalue weighted by atomic mass is 14.9. The molecule has 1 aliphatic rings. The fourth-order valence-electron chi connectivity index (χ4n) is 2.75. The molecule has 1 unspecified atom stereocenters. The van der Waals surface area contributed by atoms with Gasteiger partial charge in [0.05, 0.1) is 0 Å². The van der Waals surface area contributed by atoms with E-state index in [9.17, 15) is 0 Å². The van der Waals surface area contributed by atoms with Gasteiger partial charge >= 0.3 is 0 Å². The Balaban J connectivity index is 1.93. The molecule has 0 aliphatic heterocycles. The van der Waals surface area contributed by atoms with Gasteiger partial charge < -0.3 is 5.32 Å². The van der Waals surface area contributed by atoms with E-state index in [0.717, 1.165) is 5.92 Å². The van der Waals surface area contributed by atoms with E-state index in [0.29, 0.717) is 6.04 Å². The predicted molar refractivity (Wildman–Crippen MR) is 70.8 cm³/mol. The van der Waals surface area contributed by atoms with Crippen LogP contribution in [-0.4, -0.2) is 6.04 Å². The second-order valence-corrected chi connectivity index (χ2v) is 5.20. The molecular weight excluding hydrogens is 194 g/mol. The summed E-state index contributed by atoms with van der Waals surface area (Å²) in [7, 11) is 0. The van der Waals surface area contributed by atoms with Crippen LogP contribution in [0.4, 0.5) is 5.69 Å². The van der Waals surface area contributed by atoms with Gasteiger partial charge in [-0.2, -0.15) is 0 Å². The average molecular weight is 217 g/mol. The molecule has 0 bridgehead atoms. The molecule has 1 aliphatic carbocycles. The van der Waals surface area contributed by atoms with E-state index in [1.165, 1.54) is 43.4 Å². The summed E-state index contributed by atoms with van der Waals surface area (Å²) >= 11 is 0. The van der Waals surface area contributed by atoms with Gasteiger partial charge in [-0.1, -0.05) is 31.4 Å². The van der Waals surface area contributed by atoms with Crippen LogP contribution < -0.4 is 5.32 Å². The number of rotatable bonds is 3. The number of hydrogen-bond acceptors (Lipinski definition) is 1. The summed E-state index contributed by atoms with van der Waals surface area (Å²) in [6.07, 6.45) is 7.09. The first-order valence-corrected chi connectivity index (χ1v) is 6.59. The van der Waals surface area contributed by atoms with Crippen molar-refractivity contribution in [1.82, 2.24) is 0 Å². The second kappa shape index (κ2) is 5.38. The van der Waals surface area contributed by atoms with Crippen LogP contribution >= 0.6 is 0 Å². The van der Waals surface area contributed by atoms with Crippen LogP contribution in [-0.2, 0) is 0 Å². The second-order valence-electron chi connectivity index (χ2n) is 5.20. The summed E-state index contributed by atoms with van der Waals surface area (Å²) in [4.78, 5) is 0. The standard InChI is InChI=1S/C15H23N/c1-12-7-6-10-15(11-12)16-13(2)14-8-4-3-5-9-14/h6-7,10-11,13-14,16H,3-5,8-9H2,1-2H3. The zero-order valence-corrected chi connectivity index (χ0v) is 10.5. The van der Waals surface area contributed by atoms with Gasteiger partial charge in [-0.15, -0.1) is 0 Å². The van der Waals surface area contributed by atoms with Crippen molar-refractivity contribution in [2.75, 3.05) is 5.32 Å². The lowest BCUT2D eigenvalue weighted by Crippen LogP contribution is -2.27. The summed E-state index contributed by atoms with van der Waals surface area (Å²) in [5.41, 5.74) is 2.61. The number of anilines is 1. The Bertz CT molecular complexity index is 326. The molecule has 0 heterocycles. The lowest BCUT2D eigenvalue weighted by atomic mass is 9.84. The predicted octanol–water partition coefficient (Wildman–Crippen LogP) is 4.38. The SMILES string of the molecule is Cc1cccc(NC(C)C2CCCCC2)c1. The zero-order chi connectivity index (χ0) is 11.4. The van der Waals surface area contributed by atoms with Crippen LogP contribution in [0.3, 0.4) is 0 Å². The van der Waals surface area contributed by atoms with Gasteiger partial charge in [-0.05, 0) is 50.3 Å². The van der Waals surface area contributed by atoms with E-state index in [1.54, 1.807) is 0 Å². The third kappa shape index (κ3) is 3.01. The van der Waals surface area contributed by atoms with Crippen molar-refractivity contribution < 1.29 is 0 Å². The van der Waals surface area contributed by atoms with Gasteiger partial charge in [0.2, 0.25) is 0 Å². The Hall–Kier alpha value is -0.980. The highest BCUT2D eigenvalue weighted by molar-refractivity contribution is 5.46. The van der Waals surface area contributed by atoms with Crippen molar-refractivity contribution in [2.45, 2.75) is 52.0 Å². The van der Waals surface area contributed by atoms with E-state index in [4.69, 9.17) is 0 Å². The Morgan fingerprint density at radius 1 is 1.19 bits per heavy atom. The molecule has 16 heavy (non-hydrogen) atoms. The summed E-state index contributed by atoms with van der Waals surface area (Å²) in [6.45, 7) is 4.48. The molecule has 1 nitrogen and oxygen atoms in total. The van der Waals surface area contributed by atoms with Crippen LogP contribution in [0.2, 0.25) is 0 Å². The fraction of sp³-hybridized carbons (Fsp3) is 0.600. The maximum atomic E-state index is 3.65. The van der Waals surface area contributed by atoms with E-state index >= 15 is 0 Å². The van der Waals surface area contributed by atoms with Crippen LogP contribution in [0.1, 0.15) is 44.6 Å². The molecule has 1 fully saturated rings. The summed E-state index contributed by atoms with van der Waals surface area (Å²) < 4.78 is 0. The molecule has 0 saturated heterocycles. The maximum Gasteiger partial charge on any atom is 0.0344 e. The normalized spacial score (nSPS) is 19.4. The molecule has 0 spiro atoms. The maximum absolute atomic E-state index is 3.65. The molecule has 1 heteroatoms. The van der Waals surface area contributed by atoms with Crippen molar-refractivity contribution >= 4 is 5.69 Å². The van der Waals surface area contributed by atoms with Gasteiger partial charge in [-0.25, -0.2) is 0 Å². The number of hydrogen-bond donors (Lipinski definition) is 1. The average Bonchev–Trinajstić information content (AvgIpc) is 2.30. The lowest BCUT2D eigenvalue weighted by molar-refractivity contribution is 0.328. The molecule has 0 radical (unpaired) electrons. The van der Waals surface area contributed by atoms with Crippen molar-refractivity contribution in [3.8, 4) is 0 Å². The Morgan fingerprint density at radius 3 is 2.62 bits per heavy atom. The van der Waals surface area contributed by atoms with Crippen LogP contribution in [0.25, 0.3) is 0 Å². The number of aryl methyl sites for hydroxylation is 1. The number of benzene rings is 1. The van der Waals surface area contributed by atoms with E-state index in [1.807, 2.05) is 0 Å². The van der Waals surface area contributed by atoms with Gasteiger partial charge in [-0.3, -0.25) is 0 Å². The van der Waals surface area contributed by atoms with Crippen molar-refractivity contribution in [1.29, 1.82) is 0 Å². The third-order valence-electron chi connectivity index (χ3n) is 3.77. The quantitative estimate of drug-likeness (QED) is 0.792. The first kappa shape index (κ1) is 11.5. The van der Waals surface area contributed by atoms with Crippen molar-refractivity contribution in [2.24, 2.45) is 5.92 Å². The van der Waals surface area contributed by atoms with Crippen LogP contribution in [0.5, 0.6) is 0 Å². The lowest BCUT2D eigenvalue weighted by Gasteiger charge is -2.29. The molecular formula is C15H23N. The summed E-state index contributed by atoms with van der Waals surface area (Å²) in [5.74, 6) is 0.870. The molecule has 2 rings (SSSR count). The largest absolute Gasteiger partial charge is 0.382 e. The van der Waals surface area contributed by atoms with E-state index in [2.05, 4.69) is 43.4 Å². The third-order valence-corrected chi connectivity index (χ3v) is 3.77. The van der Waals surface area contributed by atoms with Gasteiger partial charge in [0.25, 0.3) is 0 Å². The highest BCUT2D eigenvalue weighted by Gasteiger charge is 2.19. The molecule has 0 aromatic heterocycles. The van der Waals surface area contributed by atoms with Gasteiger partial charge in [0, 0.05) is 11.7 Å². The zero-order valence-electron chi connectivity index (χ0n) is 10.5. The van der Waals surface area contributed by atoms with Gasteiger partial charge in [0.15, 0.2) is 0 Å². The summed E-state index contributed by atoms with van der Waals surface area (Å²) in [5, 5.41) is 3.65. The molecule has 0 amide bonds. The highest BCUT2D eigenvalue weighted by Crippen LogP contribution is 2.28. The molecule has 1 saturated carbocycles. The van der Waals surface area contributed by atoms with E-state index < -0.39 is 0 Å². The van der Waals surface area contributed by atoms with Gasteiger partial charge in [0.1, 0.15) is 0 Å².